The van der Waals surface area contributed by atoms with Crippen molar-refractivity contribution in [3.05, 3.63) is 23.9 Å². The lowest BCUT2D eigenvalue weighted by Gasteiger charge is -2.01. The Morgan fingerprint density at radius 2 is 2.17 bits per heavy atom. The molecular weight excluding hydrogens is 258 g/mol. The lowest BCUT2D eigenvalue weighted by molar-refractivity contribution is -0.137. The molecular formula is C9H15N5O3S. The van der Waals surface area contributed by atoms with Crippen LogP contribution in [-0.2, 0) is 4.79 Å². The number of nitrogen functional groups attached to an aromatic ring is 1. The zero-order valence-electron chi connectivity index (χ0n) is 9.41. The smallest absolute Gasteiger partial charge is 0.321 e. The van der Waals surface area contributed by atoms with Crippen molar-refractivity contribution < 1.29 is 14.7 Å². The summed E-state index contributed by atoms with van der Waals surface area (Å²) in [5, 5.41) is 8.01. The summed E-state index contributed by atoms with van der Waals surface area (Å²) in [5.41, 5.74) is 12.5. The third-order valence-electron chi connectivity index (χ3n) is 1.72. The van der Waals surface area contributed by atoms with Crippen LogP contribution in [0.2, 0.25) is 0 Å². The van der Waals surface area contributed by atoms with Gasteiger partial charge in [-0.05, 0) is 12.1 Å². The van der Waals surface area contributed by atoms with Gasteiger partial charge in [-0.15, -0.1) is 0 Å². The number of hydrazine groups is 1. The van der Waals surface area contributed by atoms with E-state index in [1.54, 1.807) is 12.1 Å². The lowest BCUT2D eigenvalue weighted by Crippen LogP contribution is -2.31. The van der Waals surface area contributed by atoms with Crippen LogP contribution in [-0.4, -0.2) is 33.8 Å². The summed E-state index contributed by atoms with van der Waals surface area (Å²) in [6, 6.07) is 2.34. The molecule has 1 aromatic heterocycles. The molecule has 0 aromatic carbocycles. The number of nitrogens with one attached hydrogen (secondary N) is 1. The summed E-state index contributed by atoms with van der Waals surface area (Å²) in [4.78, 5) is 24.2. The standard InChI is InChI=1S/C6H8N4O.C3H7NO2S/c7-5(11)4-2-1-3-9-6(4)10-8;4-2(1-7)3(5)6/h1-3H,8H2,(H2,7,11)(H,9,10);2,7H,1,4H2,(H,5,6)/t;2-/m.0/s1. The Balaban J connectivity index is 0.000000360. The maximum Gasteiger partial charge on any atom is 0.321 e. The SMILES string of the molecule is NNc1ncccc1C(N)=O.N[C@@H](CS)C(=O)O. The normalized spacial score (nSPS) is 10.8. The number of carbonyl (C=O) groups is 2. The number of nitrogens with two attached hydrogens (primary N) is 3. The van der Waals surface area contributed by atoms with E-state index in [1.807, 2.05) is 0 Å². The molecule has 8 nitrogen and oxygen atoms in total. The summed E-state index contributed by atoms with van der Waals surface area (Å²) in [5.74, 6) is 4.00. The molecule has 0 unspecified atom stereocenters. The minimum atomic E-state index is -1.00. The molecule has 0 saturated carbocycles. The number of anilines is 1. The highest BCUT2D eigenvalue weighted by molar-refractivity contribution is 7.80. The predicted molar refractivity (Wildman–Crippen MR) is 70.0 cm³/mol. The third kappa shape index (κ3) is 5.48. The zero-order valence-corrected chi connectivity index (χ0v) is 10.3. The Hall–Kier alpha value is -1.84. The van der Waals surface area contributed by atoms with Gasteiger partial charge in [0.2, 0.25) is 0 Å². The summed E-state index contributed by atoms with van der Waals surface area (Å²) in [6.07, 6.45) is 1.52. The number of hydrogen-bond acceptors (Lipinski definition) is 7. The van der Waals surface area contributed by atoms with E-state index in [2.05, 4.69) is 23.0 Å². The Kier molecular flexibility index (Phi) is 7.43. The number of thiol groups is 1. The Bertz CT molecular complexity index is 415. The summed E-state index contributed by atoms with van der Waals surface area (Å²) < 4.78 is 0. The van der Waals surface area contributed by atoms with Crippen molar-refractivity contribution in [2.45, 2.75) is 6.04 Å². The first-order valence-electron chi connectivity index (χ1n) is 4.74. The number of rotatable bonds is 4. The molecule has 18 heavy (non-hydrogen) atoms. The van der Waals surface area contributed by atoms with Crippen LogP contribution in [0.25, 0.3) is 0 Å². The van der Waals surface area contributed by atoms with Gasteiger partial charge in [-0.2, -0.15) is 12.6 Å². The maximum absolute atomic E-state index is 10.7. The van der Waals surface area contributed by atoms with Crippen molar-refractivity contribution in [3.63, 3.8) is 0 Å². The maximum atomic E-state index is 10.7. The highest BCUT2D eigenvalue weighted by atomic mass is 32.1. The van der Waals surface area contributed by atoms with Gasteiger partial charge < -0.3 is 22.0 Å². The van der Waals surface area contributed by atoms with Crippen LogP contribution in [0.15, 0.2) is 18.3 Å². The molecule has 1 heterocycles. The molecule has 0 fully saturated rings. The highest BCUT2D eigenvalue weighted by Crippen LogP contribution is 2.07. The molecule has 0 aliphatic heterocycles. The van der Waals surface area contributed by atoms with Crippen LogP contribution in [0, 0.1) is 0 Å². The molecule has 9 heteroatoms. The van der Waals surface area contributed by atoms with Crippen molar-refractivity contribution in [1.82, 2.24) is 4.98 Å². The van der Waals surface area contributed by atoms with Crippen LogP contribution in [0.3, 0.4) is 0 Å². The van der Waals surface area contributed by atoms with E-state index >= 15 is 0 Å². The number of primary amides is 1. The molecule has 0 aliphatic carbocycles. The van der Waals surface area contributed by atoms with Gasteiger partial charge in [0.15, 0.2) is 5.82 Å². The number of nitrogens with zero attached hydrogens (tertiary/aromatic N) is 1. The molecule has 1 aromatic rings. The molecule has 0 saturated heterocycles. The average Bonchev–Trinajstić information content (AvgIpc) is 2.38. The monoisotopic (exact) mass is 273 g/mol. The predicted octanol–water partition coefficient (Wildman–Crippen LogP) is -1.21. The topological polar surface area (TPSA) is 157 Å². The molecule has 1 atom stereocenters. The van der Waals surface area contributed by atoms with Crippen LogP contribution in [0.4, 0.5) is 5.82 Å². The number of pyridine rings is 1. The number of aliphatic carboxylic acids is 1. The fourth-order valence-electron chi connectivity index (χ4n) is 0.797. The molecule has 0 radical (unpaired) electrons. The number of carboxylic acid groups (broad SMARTS) is 1. The van der Waals surface area contributed by atoms with E-state index in [1.165, 1.54) is 6.20 Å². The summed E-state index contributed by atoms with van der Waals surface area (Å²) in [6.45, 7) is 0. The van der Waals surface area contributed by atoms with Crippen molar-refractivity contribution in [1.29, 1.82) is 0 Å². The van der Waals surface area contributed by atoms with E-state index < -0.39 is 17.9 Å². The van der Waals surface area contributed by atoms with Crippen LogP contribution in [0.5, 0.6) is 0 Å². The van der Waals surface area contributed by atoms with Gasteiger partial charge in [-0.1, -0.05) is 0 Å². The van der Waals surface area contributed by atoms with E-state index in [4.69, 9.17) is 22.4 Å². The van der Waals surface area contributed by atoms with E-state index in [0.717, 1.165) is 0 Å². The van der Waals surface area contributed by atoms with Gasteiger partial charge in [0, 0.05) is 11.9 Å². The molecule has 100 valence electrons. The highest BCUT2D eigenvalue weighted by Gasteiger charge is 2.06. The minimum absolute atomic E-state index is 0.190. The van der Waals surface area contributed by atoms with E-state index in [-0.39, 0.29) is 11.3 Å². The summed E-state index contributed by atoms with van der Waals surface area (Å²) in [7, 11) is 0. The Morgan fingerprint density at radius 1 is 1.56 bits per heavy atom. The average molecular weight is 273 g/mol. The molecule has 1 rings (SSSR count). The van der Waals surface area contributed by atoms with Crippen molar-refractivity contribution in [2.75, 3.05) is 11.2 Å². The van der Waals surface area contributed by atoms with Crippen molar-refractivity contribution >= 4 is 30.3 Å². The first kappa shape index (κ1) is 16.2. The second kappa shape index (κ2) is 8.28. The third-order valence-corrected chi connectivity index (χ3v) is 2.12. The Morgan fingerprint density at radius 3 is 2.44 bits per heavy atom. The first-order valence-corrected chi connectivity index (χ1v) is 5.38. The van der Waals surface area contributed by atoms with Crippen LogP contribution >= 0.6 is 12.6 Å². The van der Waals surface area contributed by atoms with Gasteiger partial charge in [0.25, 0.3) is 5.91 Å². The van der Waals surface area contributed by atoms with E-state index in [9.17, 15) is 9.59 Å². The number of carbonyl (C=O) groups excluding carboxylic acids is 1. The number of amides is 1. The van der Waals surface area contributed by atoms with Gasteiger partial charge in [0.1, 0.15) is 6.04 Å². The number of aromatic nitrogens is 1. The molecule has 0 spiro atoms. The molecule has 8 N–H and O–H groups in total. The van der Waals surface area contributed by atoms with Crippen LogP contribution in [0.1, 0.15) is 10.4 Å². The fourth-order valence-corrected chi connectivity index (χ4v) is 0.953. The van der Waals surface area contributed by atoms with Crippen molar-refractivity contribution in [2.24, 2.45) is 17.3 Å². The minimum Gasteiger partial charge on any atom is -0.480 e. The zero-order chi connectivity index (χ0) is 14.1. The molecule has 1 amide bonds. The quantitative estimate of drug-likeness (QED) is 0.228. The summed E-state index contributed by atoms with van der Waals surface area (Å²) >= 11 is 3.65. The first-order chi connectivity index (χ1) is 8.43. The van der Waals surface area contributed by atoms with Crippen LogP contribution < -0.4 is 22.7 Å². The lowest BCUT2D eigenvalue weighted by atomic mass is 10.2. The van der Waals surface area contributed by atoms with Gasteiger partial charge in [-0.25, -0.2) is 10.8 Å². The van der Waals surface area contributed by atoms with Gasteiger partial charge in [-0.3, -0.25) is 9.59 Å². The van der Waals surface area contributed by atoms with Gasteiger partial charge in [0.05, 0.1) is 5.56 Å². The second-order valence-corrected chi connectivity index (χ2v) is 3.40. The second-order valence-electron chi connectivity index (χ2n) is 3.04. The largest absolute Gasteiger partial charge is 0.480 e. The fraction of sp³-hybridized carbons (Fsp3) is 0.222. The van der Waals surface area contributed by atoms with E-state index in [0.29, 0.717) is 5.82 Å². The number of carboxylic acids is 1. The molecule has 0 bridgehead atoms. The number of hydrogen-bond donors (Lipinski definition) is 6. The van der Waals surface area contributed by atoms with Gasteiger partial charge >= 0.3 is 5.97 Å². The van der Waals surface area contributed by atoms with Crippen molar-refractivity contribution in [3.8, 4) is 0 Å². The molecule has 0 aliphatic rings. The Labute approximate surface area is 109 Å².